The number of hydrogen-bond donors (Lipinski definition) is 1. The van der Waals surface area contributed by atoms with Gasteiger partial charge >= 0.3 is 0 Å². The minimum absolute atomic E-state index is 0.00736. The molecule has 0 spiro atoms. The zero-order valence-electron chi connectivity index (χ0n) is 13.5. The molecule has 1 aliphatic rings. The lowest BCUT2D eigenvalue weighted by molar-refractivity contribution is 0.104. The maximum Gasteiger partial charge on any atom is 0.196 e. The number of hydrogen-bond acceptors (Lipinski definition) is 4. The van der Waals surface area contributed by atoms with Crippen LogP contribution in [0.5, 0.6) is 0 Å². The quantitative estimate of drug-likeness (QED) is 0.491. The van der Waals surface area contributed by atoms with E-state index in [-0.39, 0.29) is 5.78 Å². The molecule has 25 heavy (non-hydrogen) atoms. The van der Waals surface area contributed by atoms with Gasteiger partial charge in [0.15, 0.2) is 11.5 Å². The number of nitrogens with zero attached hydrogens (tertiary/aromatic N) is 1. The molecular formula is C21H14N2O2. The fourth-order valence-corrected chi connectivity index (χ4v) is 3.45. The van der Waals surface area contributed by atoms with Crippen LogP contribution in [0.4, 0.5) is 11.4 Å². The van der Waals surface area contributed by atoms with Gasteiger partial charge in [-0.05, 0) is 36.8 Å². The van der Waals surface area contributed by atoms with Crippen LogP contribution in [0.2, 0.25) is 0 Å². The molecule has 120 valence electrons. The highest BCUT2D eigenvalue weighted by Gasteiger charge is 2.31. The van der Waals surface area contributed by atoms with Gasteiger partial charge in [0, 0.05) is 16.8 Å². The third-order valence-electron chi connectivity index (χ3n) is 4.59. The van der Waals surface area contributed by atoms with Crippen LogP contribution >= 0.6 is 0 Å². The van der Waals surface area contributed by atoms with Crippen LogP contribution in [0.3, 0.4) is 0 Å². The van der Waals surface area contributed by atoms with Gasteiger partial charge in [0.2, 0.25) is 0 Å². The third kappa shape index (κ3) is 2.01. The van der Waals surface area contributed by atoms with Crippen LogP contribution in [0.25, 0.3) is 22.2 Å². The summed E-state index contributed by atoms with van der Waals surface area (Å²) in [5, 5.41) is 8.29. The SMILES string of the molecule is Cc1cccc(Nc2ccc3noc4c3c2C(=O)c2ccccc2-4)c1. The Balaban J connectivity index is 1.76. The van der Waals surface area contributed by atoms with E-state index in [1.807, 2.05) is 67.6 Å². The van der Waals surface area contributed by atoms with Gasteiger partial charge in [0.1, 0.15) is 5.52 Å². The van der Waals surface area contributed by atoms with Crippen molar-refractivity contribution in [2.45, 2.75) is 6.92 Å². The summed E-state index contributed by atoms with van der Waals surface area (Å²) < 4.78 is 5.57. The molecule has 1 heterocycles. The number of ketones is 1. The molecule has 0 amide bonds. The van der Waals surface area contributed by atoms with Gasteiger partial charge in [-0.15, -0.1) is 0 Å². The maximum atomic E-state index is 13.2. The second-order valence-electron chi connectivity index (χ2n) is 6.26. The van der Waals surface area contributed by atoms with Crippen molar-refractivity contribution < 1.29 is 9.32 Å². The number of carbonyl (C=O) groups is 1. The number of benzene rings is 3. The van der Waals surface area contributed by atoms with Gasteiger partial charge < -0.3 is 9.84 Å². The molecule has 0 fully saturated rings. The van der Waals surface area contributed by atoms with Gasteiger partial charge in [-0.1, -0.05) is 41.6 Å². The van der Waals surface area contributed by atoms with E-state index in [9.17, 15) is 4.79 Å². The molecule has 0 aliphatic heterocycles. The Morgan fingerprint density at radius 1 is 0.960 bits per heavy atom. The van der Waals surface area contributed by atoms with E-state index in [0.717, 1.165) is 27.9 Å². The Kier molecular flexibility index (Phi) is 2.82. The fourth-order valence-electron chi connectivity index (χ4n) is 3.45. The standard InChI is InChI=1S/C21H14N2O2/c1-12-5-4-6-13(11-12)22-16-9-10-17-19-18(16)20(24)14-7-2-3-8-15(14)21(19)25-23-17/h2-11,22H,1H3. The summed E-state index contributed by atoms with van der Waals surface area (Å²) in [7, 11) is 0. The molecule has 0 saturated heterocycles. The zero-order chi connectivity index (χ0) is 17.0. The molecule has 1 aliphatic carbocycles. The average Bonchev–Trinajstić information content (AvgIpc) is 3.05. The van der Waals surface area contributed by atoms with Gasteiger partial charge in [-0.3, -0.25) is 4.79 Å². The molecule has 1 N–H and O–H groups in total. The molecule has 0 unspecified atom stereocenters. The molecule has 4 nitrogen and oxygen atoms in total. The van der Waals surface area contributed by atoms with Crippen LogP contribution in [-0.4, -0.2) is 10.9 Å². The average molecular weight is 326 g/mol. The number of fused-ring (bicyclic) bond motifs is 2. The molecule has 0 atom stereocenters. The number of carbonyl (C=O) groups excluding carboxylic acids is 1. The number of aryl methyl sites for hydroxylation is 1. The van der Waals surface area contributed by atoms with Crippen molar-refractivity contribution in [3.63, 3.8) is 0 Å². The minimum atomic E-state index is -0.00736. The Bertz CT molecular complexity index is 1160. The molecule has 4 heteroatoms. The van der Waals surface area contributed by atoms with Crippen molar-refractivity contribution in [2.24, 2.45) is 0 Å². The predicted molar refractivity (Wildman–Crippen MR) is 97.3 cm³/mol. The van der Waals surface area contributed by atoms with Gasteiger partial charge in [-0.25, -0.2) is 0 Å². The van der Waals surface area contributed by atoms with E-state index in [0.29, 0.717) is 22.4 Å². The number of anilines is 2. The molecule has 4 aromatic rings. The zero-order valence-corrected chi connectivity index (χ0v) is 13.5. The van der Waals surface area contributed by atoms with E-state index in [1.54, 1.807) is 0 Å². The molecule has 3 aromatic carbocycles. The third-order valence-corrected chi connectivity index (χ3v) is 4.59. The summed E-state index contributed by atoms with van der Waals surface area (Å²) in [4.78, 5) is 13.2. The first-order chi connectivity index (χ1) is 12.2. The van der Waals surface area contributed by atoms with Gasteiger partial charge in [0.05, 0.1) is 16.6 Å². The second-order valence-corrected chi connectivity index (χ2v) is 6.26. The number of rotatable bonds is 2. The Labute approximate surface area is 144 Å². The largest absolute Gasteiger partial charge is 0.355 e. The summed E-state index contributed by atoms with van der Waals surface area (Å²) in [6.07, 6.45) is 0. The number of aromatic nitrogens is 1. The van der Waals surface area contributed by atoms with Crippen LogP contribution < -0.4 is 5.32 Å². The minimum Gasteiger partial charge on any atom is -0.355 e. The molecule has 0 bridgehead atoms. The van der Waals surface area contributed by atoms with E-state index >= 15 is 0 Å². The van der Waals surface area contributed by atoms with Crippen LogP contribution in [-0.2, 0) is 0 Å². The lowest BCUT2D eigenvalue weighted by atomic mass is 9.87. The van der Waals surface area contributed by atoms with Crippen molar-refractivity contribution in [2.75, 3.05) is 5.32 Å². The smallest absolute Gasteiger partial charge is 0.196 e. The molecule has 0 radical (unpaired) electrons. The lowest BCUT2D eigenvalue weighted by Gasteiger charge is -2.18. The van der Waals surface area contributed by atoms with Crippen LogP contribution in [0, 0.1) is 6.92 Å². The highest BCUT2D eigenvalue weighted by atomic mass is 16.5. The first kappa shape index (κ1) is 14.0. The lowest BCUT2D eigenvalue weighted by Crippen LogP contribution is -2.11. The van der Waals surface area contributed by atoms with Crippen LogP contribution in [0.15, 0.2) is 65.2 Å². The van der Waals surface area contributed by atoms with Crippen molar-refractivity contribution >= 4 is 28.1 Å². The van der Waals surface area contributed by atoms with Gasteiger partial charge in [0.25, 0.3) is 0 Å². The van der Waals surface area contributed by atoms with Crippen LogP contribution in [0.1, 0.15) is 21.5 Å². The highest BCUT2D eigenvalue weighted by Crippen LogP contribution is 2.42. The fraction of sp³-hybridized carbons (Fsp3) is 0.0476. The highest BCUT2D eigenvalue weighted by molar-refractivity contribution is 6.27. The summed E-state index contributed by atoms with van der Waals surface area (Å²) in [5.74, 6) is 0.653. The van der Waals surface area contributed by atoms with E-state index in [1.165, 1.54) is 0 Å². The monoisotopic (exact) mass is 326 g/mol. The van der Waals surface area contributed by atoms with Crippen molar-refractivity contribution in [1.29, 1.82) is 0 Å². The summed E-state index contributed by atoms with van der Waals surface area (Å²) in [6.45, 7) is 2.04. The van der Waals surface area contributed by atoms with Gasteiger partial charge in [-0.2, -0.15) is 0 Å². The number of nitrogens with one attached hydrogen (secondary N) is 1. The predicted octanol–water partition coefficient (Wildman–Crippen LogP) is 5.09. The van der Waals surface area contributed by atoms with Crippen molar-refractivity contribution in [3.05, 3.63) is 77.4 Å². The normalized spacial score (nSPS) is 12.3. The Morgan fingerprint density at radius 2 is 1.80 bits per heavy atom. The molecular weight excluding hydrogens is 312 g/mol. The first-order valence-corrected chi connectivity index (χ1v) is 8.12. The Morgan fingerprint density at radius 3 is 2.64 bits per heavy atom. The topological polar surface area (TPSA) is 55.1 Å². The van der Waals surface area contributed by atoms with E-state index < -0.39 is 0 Å². The van der Waals surface area contributed by atoms with Crippen molar-refractivity contribution in [3.8, 4) is 11.3 Å². The molecule has 1 aromatic heterocycles. The van der Waals surface area contributed by atoms with Crippen molar-refractivity contribution in [1.82, 2.24) is 5.16 Å². The van der Waals surface area contributed by atoms with E-state index in [4.69, 9.17) is 4.52 Å². The maximum absolute atomic E-state index is 13.2. The summed E-state index contributed by atoms with van der Waals surface area (Å²) in [6, 6.07) is 19.3. The summed E-state index contributed by atoms with van der Waals surface area (Å²) in [5.41, 5.74) is 5.63. The molecule has 0 saturated carbocycles. The summed E-state index contributed by atoms with van der Waals surface area (Å²) >= 11 is 0. The first-order valence-electron chi connectivity index (χ1n) is 8.12. The van der Waals surface area contributed by atoms with E-state index in [2.05, 4.69) is 10.5 Å². The molecule has 5 rings (SSSR count). The Hall–Kier alpha value is -3.40. The second kappa shape index (κ2) is 5.05.